The molecule has 23 heavy (non-hydrogen) atoms. The average Bonchev–Trinajstić information content (AvgIpc) is 2.84. The van der Waals surface area contributed by atoms with Gasteiger partial charge < -0.3 is 9.84 Å². The van der Waals surface area contributed by atoms with Gasteiger partial charge >= 0.3 is 0 Å². The third-order valence-electron chi connectivity index (χ3n) is 3.38. The summed E-state index contributed by atoms with van der Waals surface area (Å²) in [6.07, 6.45) is 3.08. The third kappa shape index (κ3) is 2.78. The Morgan fingerprint density at radius 3 is 2.96 bits per heavy atom. The van der Waals surface area contributed by atoms with E-state index in [0.717, 1.165) is 22.3 Å². The monoisotopic (exact) mass is 312 g/mol. The smallest absolute Gasteiger partial charge is 0.163 e. The second kappa shape index (κ2) is 5.91. The molecule has 3 rings (SSSR count). The minimum Gasteiger partial charge on any atom is -0.504 e. The topological polar surface area (TPSA) is 97.5 Å². The fourth-order valence-electron chi connectivity index (χ4n) is 2.30. The number of nitrogens with one attached hydrogen (secondary N) is 1. The van der Waals surface area contributed by atoms with E-state index in [-0.39, 0.29) is 5.75 Å². The molecular weight excluding hydrogens is 296 g/mol. The number of nitrogens with zero attached hydrogens (tertiary/aromatic N) is 5. The first-order valence-electron chi connectivity index (χ1n) is 6.90. The molecule has 8 heteroatoms. The zero-order valence-corrected chi connectivity index (χ0v) is 13.0. The van der Waals surface area contributed by atoms with Gasteiger partial charge in [-0.3, -0.25) is 10.1 Å². The summed E-state index contributed by atoms with van der Waals surface area (Å²) in [5.41, 5.74) is 5.25. The van der Waals surface area contributed by atoms with E-state index in [1.54, 1.807) is 29.1 Å². The first kappa shape index (κ1) is 14.8. The van der Waals surface area contributed by atoms with Gasteiger partial charge in [-0.1, -0.05) is 0 Å². The number of hydrogen-bond donors (Lipinski definition) is 2. The van der Waals surface area contributed by atoms with Crippen LogP contribution in [0, 0.1) is 6.92 Å². The number of fused-ring (bicyclic) bond motifs is 1. The van der Waals surface area contributed by atoms with Crippen LogP contribution >= 0.6 is 0 Å². The van der Waals surface area contributed by atoms with Gasteiger partial charge in [0.25, 0.3) is 0 Å². The molecule has 2 aromatic heterocycles. The van der Waals surface area contributed by atoms with E-state index in [1.165, 1.54) is 13.4 Å². The molecule has 0 unspecified atom stereocenters. The van der Waals surface area contributed by atoms with E-state index in [9.17, 15) is 5.11 Å². The van der Waals surface area contributed by atoms with Gasteiger partial charge in [0.05, 0.1) is 24.4 Å². The van der Waals surface area contributed by atoms with Crippen LogP contribution in [0.25, 0.3) is 11.0 Å². The minimum atomic E-state index is 0.0844. The van der Waals surface area contributed by atoms with Crippen molar-refractivity contribution in [3.05, 3.63) is 35.8 Å². The molecule has 2 heterocycles. The van der Waals surface area contributed by atoms with Crippen LogP contribution in [-0.4, -0.2) is 38.2 Å². The molecule has 0 amide bonds. The molecule has 0 radical (unpaired) electrons. The zero-order valence-electron chi connectivity index (χ0n) is 13.0. The molecular formula is C15H16N6O2. The van der Waals surface area contributed by atoms with Gasteiger partial charge in [0.1, 0.15) is 6.33 Å². The summed E-state index contributed by atoms with van der Waals surface area (Å²) in [4.78, 5) is 8.42. The van der Waals surface area contributed by atoms with E-state index in [2.05, 4.69) is 25.6 Å². The van der Waals surface area contributed by atoms with Gasteiger partial charge in [-0.05, 0) is 30.7 Å². The van der Waals surface area contributed by atoms with Crippen LogP contribution in [-0.2, 0) is 7.05 Å². The standard InChI is InChI=1S/C15H16N6O2/c1-9-13-14(16-8-17-15(13)21(2)20-9)19-18-7-10-4-5-11(22)12(6-10)23-3/h4-8,22H,1-3H3,(H,16,17,19)/b18-7+. The molecule has 0 spiro atoms. The summed E-state index contributed by atoms with van der Waals surface area (Å²) in [7, 11) is 3.33. The Morgan fingerprint density at radius 2 is 2.17 bits per heavy atom. The molecule has 0 bridgehead atoms. The number of ether oxygens (including phenoxy) is 1. The molecule has 2 N–H and O–H groups in total. The number of anilines is 1. The number of phenolic OH excluding ortho intramolecular Hbond substituents is 1. The summed E-state index contributed by atoms with van der Waals surface area (Å²) in [6.45, 7) is 1.89. The van der Waals surface area contributed by atoms with Gasteiger partial charge in [0.2, 0.25) is 0 Å². The number of phenols is 1. The van der Waals surface area contributed by atoms with Crippen LogP contribution in [0.15, 0.2) is 29.6 Å². The number of hydrazone groups is 1. The van der Waals surface area contributed by atoms with Crippen LogP contribution in [0.5, 0.6) is 11.5 Å². The van der Waals surface area contributed by atoms with Crippen LogP contribution in [0.3, 0.4) is 0 Å². The number of benzene rings is 1. The highest BCUT2D eigenvalue weighted by molar-refractivity contribution is 5.89. The molecule has 3 aromatic rings. The molecule has 0 saturated heterocycles. The lowest BCUT2D eigenvalue weighted by molar-refractivity contribution is 0.373. The normalized spacial score (nSPS) is 11.3. The Labute approximate surface area is 132 Å². The van der Waals surface area contributed by atoms with Crippen molar-refractivity contribution in [2.24, 2.45) is 12.1 Å². The number of hydrogen-bond acceptors (Lipinski definition) is 7. The predicted molar refractivity (Wildman–Crippen MR) is 86.9 cm³/mol. The lowest BCUT2D eigenvalue weighted by Crippen LogP contribution is -1.97. The Morgan fingerprint density at radius 1 is 1.35 bits per heavy atom. The van der Waals surface area contributed by atoms with Crippen molar-refractivity contribution in [3.63, 3.8) is 0 Å². The van der Waals surface area contributed by atoms with E-state index in [0.29, 0.717) is 11.6 Å². The average molecular weight is 312 g/mol. The lowest BCUT2D eigenvalue weighted by atomic mass is 10.2. The molecule has 118 valence electrons. The van der Waals surface area contributed by atoms with E-state index in [4.69, 9.17) is 4.74 Å². The van der Waals surface area contributed by atoms with Crippen molar-refractivity contribution < 1.29 is 9.84 Å². The molecule has 0 saturated carbocycles. The zero-order chi connectivity index (χ0) is 16.4. The van der Waals surface area contributed by atoms with Crippen LogP contribution in [0.1, 0.15) is 11.3 Å². The van der Waals surface area contributed by atoms with Crippen LogP contribution < -0.4 is 10.2 Å². The summed E-state index contributed by atoms with van der Waals surface area (Å²) < 4.78 is 6.76. The summed E-state index contributed by atoms with van der Waals surface area (Å²) in [5.74, 6) is 1.06. The summed E-state index contributed by atoms with van der Waals surface area (Å²) in [6, 6.07) is 4.97. The van der Waals surface area contributed by atoms with Crippen molar-refractivity contribution >= 4 is 23.1 Å². The molecule has 0 atom stereocenters. The maximum absolute atomic E-state index is 9.58. The fraction of sp³-hybridized carbons (Fsp3) is 0.200. The Bertz CT molecular complexity index is 887. The highest BCUT2D eigenvalue weighted by Crippen LogP contribution is 2.25. The van der Waals surface area contributed by atoms with Crippen LogP contribution in [0.2, 0.25) is 0 Å². The number of rotatable bonds is 4. The summed E-state index contributed by atoms with van der Waals surface area (Å²) in [5, 5.41) is 18.9. The van der Waals surface area contributed by atoms with Crippen molar-refractivity contribution in [2.45, 2.75) is 6.92 Å². The first-order valence-corrected chi connectivity index (χ1v) is 6.90. The SMILES string of the molecule is COc1cc(/C=N/Nc2ncnc3c2c(C)nn3C)ccc1O. The number of aromatic nitrogens is 4. The number of aryl methyl sites for hydroxylation is 2. The van der Waals surface area contributed by atoms with E-state index in [1.807, 2.05) is 14.0 Å². The first-order chi connectivity index (χ1) is 11.1. The van der Waals surface area contributed by atoms with Crippen molar-refractivity contribution in [1.82, 2.24) is 19.7 Å². The van der Waals surface area contributed by atoms with Crippen LogP contribution in [0.4, 0.5) is 5.82 Å². The van der Waals surface area contributed by atoms with Gasteiger partial charge in [0, 0.05) is 7.05 Å². The minimum absolute atomic E-state index is 0.0844. The van der Waals surface area contributed by atoms with E-state index < -0.39 is 0 Å². The Kier molecular flexibility index (Phi) is 3.80. The number of methoxy groups -OCH3 is 1. The molecule has 0 aliphatic rings. The molecule has 0 aliphatic carbocycles. The Balaban J connectivity index is 1.86. The van der Waals surface area contributed by atoms with Gasteiger partial charge in [-0.15, -0.1) is 0 Å². The quantitative estimate of drug-likeness (QED) is 0.563. The van der Waals surface area contributed by atoms with E-state index >= 15 is 0 Å². The predicted octanol–water partition coefficient (Wildman–Crippen LogP) is 1.83. The van der Waals surface area contributed by atoms with Crippen molar-refractivity contribution in [2.75, 3.05) is 12.5 Å². The maximum Gasteiger partial charge on any atom is 0.163 e. The van der Waals surface area contributed by atoms with Crippen molar-refractivity contribution in [3.8, 4) is 11.5 Å². The highest BCUT2D eigenvalue weighted by atomic mass is 16.5. The second-order valence-electron chi connectivity index (χ2n) is 4.93. The molecule has 0 fully saturated rings. The van der Waals surface area contributed by atoms with Crippen molar-refractivity contribution in [1.29, 1.82) is 0 Å². The molecule has 0 aliphatic heterocycles. The summed E-state index contributed by atoms with van der Waals surface area (Å²) >= 11 is 0. The lowest BCUT2D eigenvalue weighted by Gasteiger charge is -2.04. The highest BCUT2D eigenvalue weighted by Gasteiger charge is 2.11. The maximum atomic E-state index is 9.58. The second-order valence-corrected chi connectivity index (χ2v) is 4.93. The molecule has 8 nitrogen and oxygen atoms in total. The van der Waals surface area contributed by atoms with Gasteiger partial charge in [0.15, 0.2) is 23.0 Å². The molecule has 1 aromatic carbocycles. The largest absolute Gasteiger partial charge is 0.504 e. The third-order valence-corrected chi connectivity index (χ3v) is 3.38. The Hall–Kier alpha value is -3.16. The van der Waals surface area contributed by atoms with Gasteiger partial charge in [-0.25, -0.2) is 9.97 Å². The van der Waals surface area contributed by atoms with Gasteiger partial charge in [-0.2, -0.15) is 10.2 Å². The fourth-order valence-corrected chi connectivity index (χ4v) is 2.30. The number of aromatic hydroxyl groups is 1.